The molecule has 2 aromatic rings. The van der Waals surface area contributed by atoms with Gasteiger partial charge in [0, 0.05) is 30.6 Å². The van der Waals surface area contributed by atoms with Gasteiger partial charge >= 0.3 is 6.18 Å². The summed E-state index contributed by atoms with van der Waals surface area (Å²) in [5.74, 6) is 0.420. The fraction of sp³-hybridized carbons (Fsp3) is 0.650. The van der Waals surface area contributed by atoms with Crippen molar-refractivity contribution in [3.8, 4) is 0 Å². The Kier molecular flexibility index (Phi) is 4.62. The number of carbonyl (C=O) groups is 1. The number of amides is 1. The van der Waals surface area contributed by atoms with Gasteiger partial charge in [-0.05, 0) is 37.2 Å². The van der Waals surface area contributed by atoms with Crippen molar-refractivity contribution in [2.24, 2.45) is 11.8 Å². The first-order valence-corrected chi connectivity index (χ1v) is 9.83. The molecule has 0 bridgehead atoms. The molecule has 8 heteroatoms. The number of rotatable bonds is 3. The summed E-state index contributed by atoms with van der Waals surface area (Å²) in [6.07, 6.45) is -2.41. The number of hydrogen-bond acceptors (Lipinski definition) is 4. The molecule has 2 unspecified atom stereocenters. The van der Waals surface area contributed by atoms with Gasteiger partial charge in [0.1, 0.15) is 0 Å². The van der Waals surface area contributed by atoms with Crippen LogP contribution in [-0.2, 0) is 11.0 Å². The fourth-order valence-corrected chi connectivity index (χ4v) is 4.06. The SMILES string of the molecule is CC(C)c1cc(C(F)(F)F)c2c(C3CCN(C(=O)C4CC4C)CC3)noc2n1. The van der Waals surface area contributed by atoms with Crippen LogP contribution in [0, 0.1) is 11.8 Å². The van der Waals surface area contributed by atoms with Crippen LogP contribution in [0.5, 0.6) is 0 Å². The van der Waals surface area contributed by atoms with Gasteiger partial charge < -0.3 is 9.42 Å². The van der Waals surface area contributed by atoms with Gasteiger partial charge in [0.25, 0.3) is 5.71 Å². The second-order valence-electron chi connectivity index (χ2n) is 8.41. The van der Waals surface area contributed by atoms with Crippen LogP contribution < -0.4 is 0 Å². The largest absolute Gasteiger partial charge is 0.417 e. The quantitative estimate of drug-likeness (QED) is 0.754. The number of halogens is 3. The zero-order valence-corrected chi connectivity index (χ0v) is 16.2. The minimum atomic E-state index is -4.51. The summed E-state index contributed by atoms with van der Waals surface area (Å²) in [7, 11) is 0. The maximum absolute atomic E-state index is 13.7. The lowest BCUT2D eigenvalue weighted by Crippen LogP contribution is -2.39. The van der Waals surface area contributed by atoms with Gasteiger partial charge in [-0.3, -0.25) is 4.79 Å². The van der Waals surface area contributed by atoms with Gasteiger partial charge in [-0.1, -0.05) is 25.9 Å². The van der Waals surface area contributed by atoms with E-state index in [1.165, 1.54) is 0 Å². The van der Waals surface area contributed by atoms with Gasteiger partial charge in [0.2, 0.25) is 5.91 Å². The van der Waals surface area contributed by atoms with Gasteiger partial charge in [0.15, 0.2) is 0 Å². The highest BCUT2D eigenvalue weighted by Gasteiger charge is 2.43. The van der Waals surface area contributed by atoms with E-state index in [0.29, 0.717) is 43.2 Å². The molecular weight excluding hydrogens is 371 g/mol. The third kappa shape index (κ3) is 3.37. The zero-order valence-electron chi connectivity index (χ0n) is 16.2. The van der Waals surface area contributed by atoms with E-state index in [1.807, 2.05) is 4.90 Å². The summed E-state index contributed by atoms with van der Waals surface area (Å²) in [4.78, 5) is 18.5. The smallest absolute Gasteiger partial charge is 0.342 e. The number of fused-ring (bicyclic) bond motifs is 1. The Morgan fingerprint density at radius 2 is 1.93 bits per heavy atom. The lowest BCUT2D eigenvalue weighted by molar-refractivity contribution is -0.136. The molecule has 2 fully saturated rings. The normalized spacial score (nSPS) is 23.6. The van der Waals surface area contributed by atoms with Crippen LogP contribution in [0.3, 0.4) is 0 Å². The molecule has 0 N–H and O–H groups in total. The summed E-state index contributed by atoms with van der Waals surface area (Å²) in [6.45, 7) is 6.73. The molecule has 4 rings (SSSR count). The van der Waals surface area contributed by atoms with E-state index in [1.54, 1.807) is 13.8 Å². The number of hydrogen-bond donors (Lipinski definition) is 0. The highest BCUT2D eigenvalue weighted by Crippen LogP contribution is 2.43. The molecular formula is C20H24F3N3O2. The number of aromatic nitrogens is 2. The molecule has 2 aliphatic rings. The first-order valence-electron chi connectivity index (χ1n) is 9.83. The molecule has 28 heavy (non-hydrogen) atoms. The minimum Gasteiger partial charge on any atom is -0.342 e. The molecule has 152 valence electrons. The third-order valence-electron chi connectivity index (χ3n) is 6.01. The Balaban J connectivity index is 1.62. The molecule has 2 aromatic heterocycles. The third-order valence-corrected chi connectivity index (χ3v) is 6.01. The van der Waals surface area contributed by atoms with E-state index >= 15 is 0 Å². The molecule has 3 heterocycles. The van der Waals surface area contributed by atoms with Crippen molar-refractivity contribution in [1.29, 1.82) is 0 Å². The van der Waals surface area contributed by atoms with Crippen molar-refractivity contribution in [3.63, 3.8) is 0 Å². The van der Waals surface area contributed by atoms with Crippen LogP contribution in [-0.4, -0.2) is 34.0 Å². The maximum Gasteiger partial charge on any atom is 0.417 e. The molecule has 5 nitrogen and oxygen atoms in total. The molecule has 1 saturated carbocycles. The first-order chi connectivity index (χ1) is 13.2. The Morgan fingerprint density at radius 1 is 1.29 bits per heavy atom. The van der Waals surface area contributed by atoms with E-state index in [0.717, 1.165) is 12.5 Å². The van der Waals surface area contributed by atoms with E-state index < -0.39 is 11.7 Å². The van der Waals surface area contributed by atoms with Crippen LogP contribution in [0.2, 0.25) is 0 Å². The molecule has 0 radical (unpaired) electrons. The fourth-order valence-electron chi connectivity index (χ4n) is 4.06. The second kappa shape index (κ2) is 6.74. The molecule has 0 spiro atoms. The van der Waals surface area contributed by atoms with Crippen molar-refractivity contribution in [2.75, 3.05) is 13.1 Å². The van der Waals surface area contributed by atoms with Gasteiger partial charge in [0.05, 0.1) is 16.6 Å². The van der Waals surface area contributed by atoms with Crippen molar-refractivity contribution in [3.05, 3.63) is 23.0 Å². The number of alkyl halides is 3. The lowest BCUT2D eigenvalue weighted by Gasteiger charge is -2.31. The average molecular weight is 395 g/mol. The van der Waals surface area contributed by atoms with Crippen molar-refractivity contribution in [1.82, 2.24) is 15.0 Å². The standard InChI is InChI=1S/C20H24F3N3O2/c1-10(2)15-9-14(20(21,22)23)16-17(25-28-18(16)24-15)12-4-6-26(7-5-12)19(27)13-8-11(13)3/h9-13H,4-8H2,1-3H3. The Bertz CT molecular complexity index is 898. The highest BCUT2D eigenvalue weighted by molar-refractivity contribution is 5.83. The second-order valence-corrected chi connectivity index (χ2v) is 8.41. The Labute approximate surface area is 161 Å². The summed E-state index contributed by atoms with van der Waals surface area (Å²) in [6, 6.07) is 1.11. The Morgan fingerprint density at radius 3 is 2.46 bits per heavy atom. The average Bonchev–Trinajstić information content (AvgIpc) is 3.22. The van der Waals surface area contributed by atoms with Crippen LogP contribution in [0.25, 0.3) is 11.1 Å². The zero-order chi connectivity index (χ0) is 20.2. The summed E-state index contributed by atoms with van der Waals surface area (Å²) in [5, 5.41) is 3.95. The van der Waals surface area contributed by atoms with Crippen LogP contribution in [0.15, 0.2) is 10.6 Å². The maximum atomic E-state index is 13.7. The minimum absolute atomic E-state index is 0.0301. The molecule has 1 aliphatic carbocycles. The monoisotopic (exact) mass is 395 g/mol. The predicted octanol–water partition coefficient (Wildman–Crippen LogP) is 4.73. The van der Waals surface area contributed by atoms with Gasteiger partial charge in [-0.25, -0.2) is 4.98 Å². The first kappa shape index (κ1) is 19.2. The van der Waals surface area contributed by atoms with E-state index in [9.17, 15) is 18.0 Å². The van der Waals surface area contributed by atoms with Crippen molar-refractivity contribution < 1.29 is 22.5 Å². The van der Waals surface area contributed by atoms with Crippen LogP contribution in [0.1, 0.15) is 68.8 Å². The number of carbonyl (C=O) groups excluding carboxylic acids is 1. The van der Waals surface area contributed by atoms with Crippen molar-refractivity contribution >= 4 is 17.0 Å². The summed E-state index contributed by atoms with van der Waals surface area (Å²) >= 11 is 0. The highest BCUT2D eigenvalue weighted by atomic mass is 19.4. The summed E-state index contributed by atoms with van der Waals surface area (Å²) < 4.78 is 46.4. The number of piperidine rings is 1. The number of pyridine rings is 1. The Hall–Kier alpha value is -2.12. The van der Waals surface area contributed by atoms with Gasteiger partial charge in [-0.2, -0.15) is 13.2 Å². The molecule has 2 atom stereocenters. The van der Waals surface area contributed by atoms with Crippen LogP contribution in [0.4, 0.5) is 13.2 Å². The van der Waals surface area contributed by atoms with E-state index in [2.05, 4.69) is 17.1 Å². The number of likely N-dealkylation sites (tertiary alicyclic amines) is 1. The molecule has 0 aromatic carbocycles. The number of nitrogens with zero attached hydrogens (tertiary/aromatic N) is 3. The molecule has 1 saturated heterocycles. The lowest BCUT2D eigenvalue weighted by atomic mass is 9.90. The van der Waals surface area contributed by atoms with E-state index in [-0.39, 0.29) is 34.8 Å². The topological polar surface area (TPSA) is 59.2 Å². The van der Waals surface area contributed by atoms with Gasteiger partial charge in [-0.15, -0.1) is 0 Å². The molecule has 1 aliphatic heterocycles. The summed E-state index contributed by atoms with van der Waals surface area (Å²) in [5.41, 5.74) is -0.139. The predicted molar refractivity (Wildman–Crippen MR) is 96.7 cm³/mol. The van der Waals surface area contributed by atoms with Crippen molar-refractivity contribution in [2.45, 2.75) is 58.0 Å². The molecule has 1 amide bonds. The van der Waals surface area contributed by atoms with E-state index in [4.69, 9.17) is 4.52 Å². The van der Waals surface area contributed by atoms with Crippen LogP contribution >= 0.6 is 0 Å².